The Morgan fingerprint density at radius 1 is 1.27 bits per heavy atom. The maximum absolute atomic E-state index is 5.36. The van der Waals surface area contributed by atoms with E-state index in [1.54, 1.807) is 6.20 Å². The molecule has 0 amide bonds. The molecule has 0 bridgehead atoms. The largest absolute Gasteiger partial charge is 0.378 e. The van der Waals surface area contributed by atoms with Gasteiger partial charge < -0.3 is 15.0 Å². The highest BCUT2D eigenvalue weighted by molar-refractivity contribution is 5.64. The fourth-order valence-corrected chi connectivity index (χ4v) is 2.58. The van der Waals surface area contributed by atoms with Gasteiger partial charge in [0.05, 0.1) is 19.4 Å². The van der Waals surface area contributed by atoms with E-state index < -0.39 is 0 Å². The summed E-state index contributed by atoms with van der Waals surface area (Å²) in [6.45, 7) is 7.26. The number of nitrogens with one attached hydrogen (secondary N) is 1. The van der Waals surface area contributed by atoms with Gasteiger partial charge in [0.15, 0.2) is 5.82 Å². The van der Waals surface area contributed by atoms with Crippen LogP contribution < -0.4 is 10.2 Å². The van der Waals surface area contributed by atoms with Crippen molar-refractivity contribution in [2.24, 2.45) is 0 Å². The van der Waals surface area contributed by atoms with E-state index in [4.69, 9.17) is 4.74 Å². The molecule has 0 saturated carbocycles. The molecule has 2 aromatic rings. The third-order valence-electron chi connectivity index (χ3n) is 3.83. The molecule has 1 N–H and O–H groups in total. The summed E-state index contributed by atoms with van der Waals surface area (Å²) < 4.78 is 5.36. The second kappa shape index (κ2) is 6.70. The Morgan fingerprint density at radius 3 is 2.86 bits per heavy atom. The lowest BCUT2D eigenvalue weighted by Gasteiger charge is -2.26. The van der Waals surface area contributed by atoms with Gasteiger partial charge in [-0.05, 0) is 24.5 Å². The van der Waals surface area contributed by atoms with Crippen LogP contribution in [0.2, 0.25) is 0 Å². The Labute approximate surface area is 130 Å². The minimum Gasteiger partial charge on any atom is -0.378 e. The average molecular weight is 299 g/mol. The van der Waals surface area contributed by atoms with E-state index in [1.807, 2.05) is 0 Å². The number of nitrogens with zero attached hydrogens (tertiary/aromatic N) is 4. The normalized spacial score (nSPS) is 14.9. The summed E-state index contributed by atoms with van der Waals surface area (Å²) in [6, 6.07) is 6.31. The number of aryl methyl sites for hydroxylation is 2. The number of ether oxygens (including phenoxy) is 1. The molecule has 6 heteroatoms. The zero-order chi connectivity index (χ0) is 15.4. The summed E-state index contributed by atoms with van der Waals surface area (Å²) in [5.41, 5.74) is 3.58. The van der Waals surface area contributed by atoms with Gasteiger partial charge in [0.25, 0.3) is 0 Å². The molecule has 22 heavy (non-hydrogen) atoms. The number of benzene rings is 1. The van der Waals surface area contributed by atoms with Crippen molar-refractivity contribution in [3.05, 3.63) is 35.5 Å². The topological polar surface area (TPSA) is 63.2 Å². The van der Waals surface area contributed by atoms with Gasteiger partial charge in [0, 0.05) is 18.8 Å². The molecule has 0 atom stereocenters. The molecule has 1 saturated heterocycles. The van der Waals surface area contributed by atoms with Gasteiger partial charge in [0.2, 0.25) is 5.95 Å². The van der Waals surface area contributed by atoms with Crippen LogP contribution in [0.25, 0.3) is 0 Å². The maximum atomic E-state index is 5.36. The van der Waals surface area contributed by atoms with E-state index in [1.165, 1.54) is 11.1 Å². The molecular weight excluding hydrogens is 278 g/mol. The first-order valence-electron chi connectivity index (χ1n) is 7.66. The van der Waals surface area contributed by atoms with Gasteiger partial charge in [-0.2, -0.15) is 10.1 Å². The number of hydrogen-bond donors (Lipinski definition) is 1. The zero-order valence-corrected chi connectivity index (χ0v) is 13.0. The predicted molar refractivity (Wildman–Crippen MR) is 86.7 cm³/mol. The lowest BCUT2D eigenvalue weighted by atomic mass is 10.1. The Bertz CT molecular complexity index is 640. The minimum atomic E-state index is 0.653. The molecule has 1 aromatic carbocycles. The average Bonchev–Trinajstić information content (AvgIpc) is 2.58. The SMILES string of the molecule is CCc1cccc(C)c1Nc1cnnc(N2CCOCC2)n1. The first kappa shape index (κ1) is 14.7. The first-order chi connectivity index (χ1) is 10.8. The third-order valence-corrected chi connectivity index (χ3v) is 3.83. The predicted octanol–water partition coefficient (Wildman–Crippen LogP) is 2.32. The van der Waals surface area contributed by atoms with Crippen LogP contribution in [0.1, 0.15) is 18.1 Å². The standard InChI is InChI=1S/C16H21N5O/c1-3-13-6-4-5-12(2)15(13)18-14-11-17-20-16(19-14)21-7-9-22-10-8-21/h4-6,11H,3,7-10H2,1-2H3,(H,18,19,20). The Hall–Kier alpha value is -2.21. The van der Waals surface area contributed by atoms with Crippen LogP contribution in [-0.2, 0) is 11.2 Å². The van der Waals surface area contributed by atoms with Crippen molar-refractivity contribution in [1.29, 1.82) is 0 Å². The fraction of sp³-hybridized carbons (Fsp3) is 0.438. The number of anilines is 3. The zero-order valence-electron chi connectivity index (χ0n) is 13.0. The van der Waals surface area contributed by atoms with Crippen LogP contribution in [0.4, 0.5) is 17.5 Å². The van der Waals surface area contributed by atoms with Crippen LogP contribution in [0.5, 0.6) is 0 Å². The highest BCUT2D eigenvalue weighted by Crippen LogP contribution is 2.24. The van der Waals surface area contributed by atoms with Crippen molar-refractivity contribution in [1.82, 2.24) is 15.2 Å². The smallest absolute Gasteiger partial charge is 0.247 e. The molecule has 1 aliphatic rings. The maximum Gasteiger partial charge on any atom is 0.247 e. The van der Waals surface area contributed by atoms with E-state index in [0.717, 1.165) is 31.0 Å². The van der Waals surface area contributed by atoms with Gasteiger partial charge in [0.1, 0.15) is 0 Å². The van der Waals surface area contributed by atoms with Gasteiger partial charge in [-0.25, -0.2) is 0 Å². The number of morpholine rings is 1. The summed E-state index contributed by atoms with van der Waals surface area (Å²) in [5.74, 6) is 1.38. The molecule has 1 aromatic heterocycles. The van der Waals surface area contributed by atoms with E-state index in [0.29, 0.717) is 19.2 Å². The summed E-state index contributed by atoms with van der Waals surface area (Å²) in [6.07, 6.45) is 2.63. The van der Waals surface area contributed by atoms with Crippen LogP contribution in [0, 0.1) is 6.92 Å². The van der Waals surface area contributed by atoms with Gasteiger partial charge >= 0.3 is 0 Å². The molecule has 6 nitrogen and oxygen atoms in total. The van der Waals surface area contributed by atoms with E-state index in [9.17, 15) is 0 Å². The Kier molecular flexibility index (Phi) is 4.48. The van der Waals surface area contributed by atoms with Crippen LogP contribution >= 0.6 is 0 Å². The van der Waals surface area contributed by atoms with E-state index in [-0.39, 0.29) is 0 Å². The summed E-state index contributed by atoms with van der Waals surface area (Å²) in [5, 5.41) is 11.6. The number of para-hydroxylation sites is 1. The quantitative estimate of drug-likeness (QED) is 0.935. The highest BCUT2D eigenvalue weighted by Gasteiger charge is 2.15. The Balaban J connectivity index is 1.84. The number of hydrogen-bond acceptors (Lipinski definition) is 6. The molecule has 1 aliphatic heterocycles. The molecular formula is C16H21N5O. The monoisotopic (exact) mass is 299 g/mol. The lowest BCUT2D eigenvalue weighted by molar-refractivity contribution is 0.122. The van der Waals surface area contributed by atoms with E-state index >= 15 is 0 Å². The molecule has 0 aliphatic carbocycles. The summed E-state index contributed by atoms with van der Waals surface area (Å²) in [7, 11) is 0. The molecule has 116 valence electrons. The third kappa shape index (κ3) is 3.17. The molecule has 3 rings (SSSR count). The fourth-order valence-electron chi connectivity index (χ4n) is 2.58. The number of aromatic nitrogens is 3. The van der Waals surface area contributed by atoms with Crippen molar-refractivity contribution in [2.45, 2.75) is 20.3 Å². The van der Waals surface area contributed by atoms with Crippen LogP contribution in [0.3, 0.4) is 0 Å². The second-order valence-corrected chi connectivity index (χ2v) is 5.33. The van der Waals surface area contributed by atoms with Gasteiger partial charge in [-0.15, -0.1) is 5.10 Å². The number of rotatable bonds is 4. The molecule has 2 heterocycles. The van der Waals surface area contributed by atoms with Crippen molar-refractivity contribution in [3.8, 4) is 0 Å². The second-order valence-electron chi connectivity index (χ2n) is 5.33. The molecule has 1 fully saturated rings. The molecule has 0 spiro atoms. The summed E-state index contributed by atoms with van der Waals surface area (Å²) >= 11 is 0. The molecule has 0 radical (unpaired) electrons. The van der Waals surface area contributed by atoms with Gasteiger partial charge in [-0.3, -0.25) is 0 Å². The van der Waals surface area contributed by atoms with Crippen molar-refractivity contribution in [3.63, 3.8) is 0 Å². The van der Waals surface area contributed by atoms with Crippen LogP contribution in [-0.4, -0.2) is 41.5 Å². The first-order valence-corrected chi connectivity index (χ1v) is 7.66. The highest BCUT2D eigenvalue weighted by atomic mass is 16.5. The Morgan fingerprint density at radius 2 is 2.09 bits per heavy atom. The molecule has 0 unspecified atom stereocenters. The summed E-state index contributed by atoms with van der Waals surface area (Å²) in [4.78, 5) is 6.69. The van der Waals surface area contributed by atoms with Crippen molar-refractivity contribution in [2.75, 3.05) is 36.5 Å². The minimum absolute atomic E-state index is 0.653. The van der Waals surface area contributed by atoms with E-state index in [2.05, 4.69) is 57.4 Å². The van der Waals surface area contributed by atoms with Crippen LogP contribution in [0.15, 0.2) is 24.4 Å². The van der Waals surface area contributed by atoms with Crippen molar-refractivity contribution >= 4 is 17.5 Å². The van der Waals surface area contributed by atoms with Gasteiger partial charge in [-0.1, -0.05) is 25.1 Å². The lowest BCUT2D eigenvalue weighted by Crippen LogP contribution is -2.37. The van der Waals surface area contributed by atoms with Crippen molar-refractivity contribution < 1.29 is 4.74 Å².